The van der Waals surface area contributed by atoms with Gasteiger partial charge >= 0.3 is 0 Å². The van der Waals surface area contributed by atoms with Gasteiger partial charge in [-0.1, -0.05) is 11.6 Å². The molecule has 1 aromatic rings. The topological polar surface area (TPSA) is 52.3 Å². The molecule has 0 bridgehead atoms. The molecular weight excluding hydrogens is 238 g/mol. The van der Waals surface area contributed by atoms with Crippen molar-refractivity contribution in [3.05, 3.63) is 28.8 Å². The molecule has 0 amide bonds. The van der Waals surface area contributed by atoms with Crippen molar-refractivity contribution in [2.45, 2.75) is 31.2 Å². The summed E-state index contributed by atoms with van der Waals surface area (Å²) >= 11 is 5.91. The first-order chi connectivity index (χ1) is 8.04. The van der Waals surface area contributed by atoms with Crippen LogP contribution in [0, 0.1) is 0 Å². The van der Waals surface area contributed by atoms with Gasteiger partial charge in [0.25, 0.3) is 0 Å². The number of ether oxygens (including phenoxy) is 1. The zero-order valence-corrected chi connectivity index (χ0v) is 10.6. The van der Waals surface area contributed by atoms with Crippen LogP contribution in [0.2, 0.25) is 5.02 Å². The van der Waals surface area contributed by atoms with Gasteiger partial charge in [0.05, 0.1) is 12.1 Å². The molecule has 1 aromatic carbocycles. The summed E-state index contributed by atoms with van der Waals surface area (Å²) in [5, 5.41) is 0.509. The molecule has 1 aliphatic carbocycles. The molecule has 0 aliphatic heterocycles. The van der Waals surface area contributed by atoms with Crippen molar-refractivity contribution in [2.24, 2.45) is 5.73 Å². The first-order valence-electron chi connectivity index (χ1n) is 5.70. The molecule has 2 rings (SSSR count). The number of ketones is 1. The fourth-order valence-electron chi connectivity index (χ4n) is 2.06. The molecule has 1 fully saturated rings. The van der Waals surface area contributed by atoms with Crippen molar-refractivity contribution in [1.29, 1.82) is 0 Å². The average Bonchev–Trinajstić information content (AvgIpc) is 2.27. The molecule has 92 valence electrons. The Morgan fingerprint density at radius 2 is 2.24 bits per heavy atom. The highest BCUT2D eigenvalue weighted by molar-refractivity contribution is 6.32. The number of nitrogens with two attached hydrogens (primary N) is 1. The van der Waals surface area contributed by atoms with Crippen LogP contribution in [0.3, 0.4) is 0 Å². The van der Waals surface area contributed by atoms with E-state index in [9.17, 15) is 4.79 Å². The number of rotatable bonds is 4. The Balaban J connectivity index is 2.13. The van der Waals surface area contributed by atoms with Crippen molar-refractivity contribution in [3.8, 4) is 5.75 Å². The minimum atomic E-state index is -0.288. The summed E-state index contributed by atoms with van der Waals surface area (Å²) in [6.45, 7) is 0. The SMILES string of the molecule is COc1cc(C(=O)CC2(N)CCC2)ccc1Cl. The van der Waals surface area contributed by atoms with Crippen molar-refractivity contribution in [3.63, 3.8) is 0 Å². The highest BCUT2D eigenvalue weighted by Gasteiger charge is 2.34. The molecule has 4 heteroatoms. The number of hydrogen-bond donors (Lipinski definition) is 1. The molecule has 0 heterocycles. The Kier molecular flexibility index (Phi) is 3.40. The Hall–Kier alpha value is -1.06. The Labute approximate surface area is 106 Å². The summed E-state index contributed by atoms with van der Waals surface area (Å²) in [5.41, 5.74) is 6.39. The van der Waals surface area contributed by atoms with Crippen LogP contribution in [0.25, 0.3) is 0 Å². The van der Waals surface area contributed by atoms with Crippen LogP contribution in [0.1, 0.15) is 36.0 Å². The van der Waals surface area contributed by atoms with E-state index in [1.165, 1.54) is 7.11 Å². The predicted octanol–water partition coefficient (Wildman–Crippen LogP) is 2.80. The molecule has 1 saturated carbocycles. The monoisotopic (exact) mass is 253 g/mol. The van der Waals surface area contributed by atoms with Crippen molar-refractivity contribution in [1.82, 2.24) is 0 Å². The smallest absolute Gasteiger partial charge is 0.164 e. The summed E-state index contributed by atoms with van der Waals surface area (Å²) in [6.07, 6.45) is 3.39. The second kappa shape index (κ2) is 4.67. The standard InChI is InChI=1S/C13H16ClNO2/c1-17-12-7-9(3-4-10(12)14)11(16)8-13(15)5-2-6-13/h3-4,7H,2,5-6,8,15H2,1H3. The van der Waals surface area contributed by atoms with Gasteiger partial charge in [0.15, 0.2) is 5.78 Å². The largest absolute Gasteiger partial charge is 0.495 e. The fourth-order valence-corrected chi connectivity index (χ4v) is 2.26. The maximum absolute atomic E-state index is 12.1. The van der Waals surface area contributed by atoms with Crippen molar-refractivity contribution in [2.75, 3.05) is 7.11 Å². The van der Waals surface area contributed by atoms with Gasteiger partial charge in [0.1, 0.15) is 5.75 Å². The van der Waals surface area contributed by atoms with E-state index in [1.54, 1.807) is 18.2 Å². The number of halogens is 1. The molecule has 0 atom stereocenters. The van der Waals surface area contributed by atoms with Gasteiger partial charge in [-0.05, 0) is 37.5 Å². The number of hydrogen-bond acceptors (Lipinski definition) is 3. The molecule has 0 aromatic heterocycles. The second-order valence-corrected chi connectivity index (χ2v) is 5.07. The third-order valence-corrected chi connectivity index (χ3v) is 3.65. The van der Waals surface area contributed by atoms with E-state index in [2.05, 4.69) is 0 Å². The minimum absolute atomic E-state index is 0.0576. The number of benzene rings is 1. The van der Waals surface area contributed by atoms with Crippen LogP contribution in [-0.2, 0) is 0 Å². The lowest BCUT2D eigenvalue weighted by molar-refractivity contribution is 0.0912. The Morgan fingerprint density at radius 1 is 1.53 bits per heavy atom. The maximum atomic E-state index is 12.1. The van der Waals surface area contributed by atoms with E-state index in [0.717, 1.165) is 19.3 Å². The number of carbonyl (C=O) groups excluding carboxylic acids is 1. The number of carbonyl (C=O) groups is 1. The molecule has 1 aliphatic rings. The van der Waals surface area contributed by atoms with Gasteiger partial charge in [-0.3, -0.25) is 4.79 Å². The second-order valence-electron chi connectivity index (χ2n) is 4.67. The highest BCUT2D eigenvalue weighted by atomic mass is 35.5. The van der Waals surface area contributed by atoms with Gasteiger partial charge < -0.3 is 10.5 Å². The fraction of sp³-hybridized carbons (Fsp3) is 0.462. The van der Waals surface area contributed by atoms with Crippen LogP contribution in [0.5, 0.6) is 5.75 Å². The molecule has 0 unspecified atom stereocenters. The van der Waals surface area contributed by atoms with Crippen LogP contribution < -0.4 is 10.5 Å². The summed E-state index contributed by atoms with van der Waals surface area (Å²) < 4.78 is 5.09. The Bertz CT molecular complexity index is 441. The third-order valence-electron chi connectivity index (χ3n) is 3.34. The number of methoxy groups -OCH3 is 1. The first kappa shape index (κ1) is 12.4. The minimum Gasteiger partial charge on any atom is -0.495 e. The molecule has 2 N–H and O–H groups in total. The lowest BCUT2D eigenvalue weighted by Gasteiger charge is -2.37. The molecule has 17 heavy (non-hydrogen) atoms. The molecular formula is C13H16ClNO2. The zero-order valence-electron chi connectivity index (χ0n) is 9.83. The van der Waals surface area contributed by atoms with Crippen LogP contribution in [-0.4, -0.2) is 18.4 Å². The Morgan fingerprint density at radius 3 is 2.76 bits per heavy atom. The van der Waals surface area contributed by atoms with Gasteiger partial charge in [-0.15, -0.1) is 0 Å². The van der Waals surface area contributed by atoms with E-state index >= 15 is 0 Å². The van der Waals surface area contributed by atoms with Crippen LogP contribution in [0.15, 0.2) is 18.2 Å². The van der Waals surface area contributed by atoms with E-state index in [-0.39, 0.29) is 11.3 Å². The average molecular weight is 254 g/mol. The van der Waals surface area contributed by atoms with E-state index in [4.69, 9.17) is 22.1 Å². The summed E-state index contributed by atoms with van der Waals surface area (Å²) in [6, 6.07) is 5.07. The van der Waals surface area contributed by atoms with Crippen molar-refractivity contribution < 1.29 is 9.53 Å². The number of Topliss-reactive ketones (excluding diaryl/α,β-unsaturated/α-hetero) is 1. The lowest BCUT2D eigenvalue weighted by atomic mass is 9.74. The lowest BCUT2D eigenvalue weighted by Crippen LogP contribution is -2.48. The van der Waals surface area contributed by atoms with Crippen LogP contribution >= 0.6 is 11.6 Å². The first-order valence-corrected chi connectivity index (χ1v) is 6.07. The zero-order chi connectivity index (χ0) is 12.5. The van der Waals surface area contributed by atoms with E-state index in [0.29, 0.717) is 22.8 Å². The van der Waals surface area contributed by atoms with Gasteiger partial charge in [-0.2, -0.15) is 0 Å². The van der Waals surface area contributed by atoms with Crippen molar-refractivity contribution >= 4 is 17.4 Å². The molecule has 0 spiro atoms. The quantitative estimate of drug-likeness (QED) is 0.840. The van der Waals surface area contributed by atoms with Gasteiger partial charge in [0, 0.05) is 17.5 Å². The van der Waals surface area contributed by atoms with E-state index in [1.807, 2.05) is 0 Å². The van der Waals surface area contributed by atoms with Crippen LogP contribution in [0.4, 0.5) is 0 Å². The summed E-state index contributed by atoms with van der Waals surface area (Å²) in [7, 11) is 1.53. The van der Waals surface area contributed by atoms with Gasteiger partial charge in [0.2, 0.25) is 0 Å². The summed E-state index contributed by atoms with van der Waals surface area (Å²) in [5.74, 6) is 0.583. The molecule has 0 saturated heterocycles. The molecule has 0 radical (unpaired) electrons. The molecule has 3 nitrogen and oxygen atoms in total. The normalized spacial score (nSPS) is 17.4. The third kappa shape index (κ3) is 2.61. The van der Waals surface area contributed by atoms with E-state index < -0.39 is 0 Å². The van der Waals surface area contributed by atoms with Gasteiger partial charge in [-0.25, -0.2) is 0 Å². The summed E-state index contributed by atoms with van der Waals surface area (Å²) in [4.78, 5) is 12.1. The maximum Gasteiger partial charge on any atom is 0.164 e. The highest BCUT2D eigenvalue weighted by Crippen LogP contribution is 2.34. The predicted molar refractivity (Wildman–Crippen MR) is 67.7 cm³/mol.